The Morgan fingerprint density at radius 2 is 2.00 bits per heavy atom. The summed E-state index contributed by atoms with van der Waals surface area (Å²) in [4.78, 5) is 11.2. The van der Waals surface area contributed by atoms with Crippen molar-refractivity contribution in [3.05, 3.63) is 0 Å². The molecule has 0 aromatic rings. The van der Waals surface area contributed by atoms with Gasteiger partial charge in [-0.1, -0.05) is 0 Å². The lowest BCUT2D eigenvalue weighted by Gasteiger charge is -2.40. The van der Waals surface area contributed by atoms with Crippen molar-refractivity contribution in [2.24, 2.45) is 5.92 Å². The first-order valence-electron chi connectivity index (χ1n) is 3.86. The molecule has 1 rings (SSSR count). The largest absolute Gasteiger partial charge is 0.471 e. The third-order valence-corrected chi connectivity index (χ3v) is 2.12. The molecule has 1 heterocycles. The van der Waals surface area contributed by atoms with Gasteiger partial charge in [0.1, 0.15) is 0 Å². The third kappa shape index (κ3) is 2.12. The summed E-state index contributed by atoms with van der Waals surface area (Å²) in [5.74, 6) is -2.03. The Bertz CT molecular complexity index is 208. The Labute approximate surface area is 73.1 Å². The fourth-order valence-corrected chi connectivity index (χ4v) is 1.16. The Kier molecular flexibility index (Phi) is 2.51. The Morgan fingerprint density at radius 1 is 1.54 bits per heavy atom. The summed E-state index contributed by atoms with van der Waals surface area (Å²) in [6, 6.07) is 0. The normalized spacial score (nSPS) is 21.2. The number of halogens is 3. The van der Waals surface area contributed by atoms with Crippen LogP contribution in [0.2, 0.25) is 0 Å². The number of rotatable bonds is 1. The van der Waals surface area contributed by atoms with Crippen LogP contribution in [0.3, 0.4) is 0 Å². The van der Waals surface area contributed by atoms with Gasteiger partial charge in [0.15, 0.2) is 0 Å². The fraction of sp³-hybridized carbons (Fsp3) is 0.857. The van der Waals surface area contributed by atoms with Crippen molar-refractivity contribution in [3.63, 3.8) is 0 Å². The van der Waals surface area contributed by atoms with E-state index in [0.717, 1.165) is 0 Å². The van der Waals surface area contributed by atoms with Crippen LogP contribution in [0.4, 0.5) is 13.2 Å². The first-order valence-corrected chi connectivity index (χ1v) is 3.86. The molecule has 0 aliphatic carbocycles. The van der Waals surface area contributed by atoms with E-state index in [1.807, 2.05) is 0 Å². The number of alkyl halides is 3. The summed E-state index contributed by atoms with van der Waals surface area (Å²) in [6.07, 6.45) is -5.44. The predicted molar refractivity (Wildman–Crippen MR) is 37.8 cm³/mol. The van der Waals surface area contributed by atoms with Crippen molar-refractivity contribution in [3.8, 4) is 0 Å². The fourth-order valence-electron chi connectivity index (χ4n) is 1.16. The van der Waals surface area contributed by atoms with E-state index in [1.165, 1.54) is 6.92 Å². The zero-order valence-electron chi connectivity index (χ0n) is 7.01. The number of amides is 1. The molecule has 0 unspecified atom stereocenters. The second-order valence-corrected chi connectivity index (χ2v) is 3.21. The van der Waals surface area contributed by atoms with Crippen molar-refractivity contribution in [2.45, 2.75) is 19.2 Å². The maximum atomic E-state index is 11.8. The monoisotopic (exact) mass is 197 g/mol. The maximum Gasteiger partial charge on any atom is 0.471 e. The highest BCUT2D eigenvalue weighted by molar-refractivity contribution is 5.82. The van der Waals surface area contributed by atoms with E-state index in [4.69, 9.17) is 5.11 Å². The summed E-state index contributed by atoms with van der Waals surface area (Å²) in [7, 11) is 0. The minimum Gasteiger partial charge on any atom is -0.393 e. The van der Waals surface area contributed by atoms with Crippen LogP contribution < -0.4 is 0 Å². The van der Waals surface area contributed by atoms with E-state index in [0.29, 0.717) is 4.90 Å². The van der Waals surface area contributed by atoms with E-state index >= 15 is 0 Å². The number of hydrogen-bond acceptors (Lipinski definition) is 2. The lowest BCUT2D eigenvalue weighted by Crippen LogP contribution is -2.57. The van der Waals surface area contributed by atoms with Crippen molar-refractivity contribution in [1.29, 1.82) is 0 Å². The van der Waals surface area contributed by atoms with Crippen molar-refractivity contribution < 1.29 is 23.1 Å². The molecular formula is C7H10F3NO2. The number of nitrogens with zero attached hydrogens (tertiary/aromatic N) is 1. The molecule has 3 nitrogen and oxygen atoms in total. The van der Waals surface area contributed by atoms with Crippen LogP contribution in [0, 0.1) is 5.92 Å². The molecule has 0 spiro atoms. The number of likely N-dealkylation sites (tertiary alicyclic amines) is 1. The standard InChI is InChI=1S/C7H10F3NO2/c1-4(12)5-2-11(3-5)6(13)7(8,9)10/h4-5,12H,2-3H2,1H3/t4-/m0/s1. The van der Waals surface area contributed by atoms with Crippen molar-refractivity contribution in [1.82, 2.24) is 4.90 Å². The quantitative estimate of drug-likeness (QED) is 0.660. The van der Waals surface area contributed by atoms with Gasteiger partial charge < -0.3 is 10.0 Å². The molecule has 13 heavy (non-hydrogen) atoms. The van der Waals surface area contributed by atoms with Gasteiger partial charge in [-0.2, -0.15) is 13.2 Å². The molecule has 1 fully saturated rings. The van der Waals surface area contributed by atoms with Gasteiger partial charge in [-0.25, -0.2) is 0 Å². The molecule has 0 saturated carbocycles. The summed E-state index contributed by atoms with van der Waals surface area (Å²) in [5, 5.41) is 8.96. The van der Waals surface area contributed by atoms with E-state index in [9.17, 15) is 18.0 Å². The van der Waals surface area contributed by atoms with Gasteiger partial charge >= 0.3 is 12.1 Å². The van der Waals surface area contributed by atoms with Crippen LogP contribution in [0.25, 0.3) is 0 Å². The summed E-state index contributed by atoms with van der Waals surface area (Å²) in [5.41, 5.74) is 0. The summed E-state index contributed by atoms with van der Waals surface area (Å²) >= 11 is 0. The van der Waals surface area contributed by atoms with Crippen molar-refractivity contribution >= 4 is 5.91 Å². The Hall–Kier alpha value is -0.780. The lowest BCUT2D eigenvalue weighted by molar-refractivity contribution is -0.193. The Balaban J connectivity index is 2.40. The van der Waals surface area contributed by atoms with Crippen LogP contribution in [0.5, 0.6) is 0 Å². The minimum atomic E-state index is -4.79. The average Bonchev–Trinajstić information content (AvgIpc) is 1.80. The molecule has 1 aliphatic rings. The highest BCUT2D eigenvalue weighted by atomic mass is 19.4. The first kappa shape index (κ1) is 10.3. The maximum absolute atomic E-state index is 11.8. The molecule has 1 amide bonds. The summed E-state index contributed by atoms with van der Waals surface area (Å²) in [6.45, 7) is 1.49. The van der Waals surface area contributed by atoms with E-state index in [-0.39, 0.29) is 19.0 Å². The number of hydrogen-bond donors (Lipinski definition) is 1. The smallest absolute Gasteiger partial charge is 0.393 e. The number of aliphatic hydroxyl groups is 1. The van der Waals surface area contributed by atoms with Crippen LogP contribution in [0.1, 0.15) is 6.92 Å². The van der Waals surface area contributed by atoms with Gasteiger partial charge in [-0.05, 0) is 6.92 Å². The zero-order valence-corrected chi connectivity index (χ0v) is 7.01. The van der Waals surface area contributed by atoms with Crippen LogP contribution in [0.15, 0.2) is 0 Å². The molecule has 0 aromatic carbocycles. The lowest BCUT2D eigenvalue weighted by atomic mass is 9.95. The van der Waals surface area contributed by atoms with Gasteiger partial charge in [0.2, 0.25) is 0 Å². The van der Waals surface area contributed by atoms with E-state index in [1.54, 1.807) is 0 Å². The van der Waals surface area contributed by atoms with Crippen LogP contribution >= 0.6 is 0 Å². The molecule has 1 aliphatic heterocycles. The van der Waals surface area contributed by atoms with Crippen LogP contribution in [-0.4, -0.2) is 41.3 Å². The predicted octanol–water partition coefficient (Wildman–Crippen LogP) is 0.388. The van der Waals surface area contributed by atoms with Gasteiger partial charge in [0, 0.05) is 19.0 Å². The van der Waals surface area contributed by atoms with Gasteiger partial charge in [-0.3, -0.25) is 4.79 Å². The number of carbonyl (C=O) groups excluding carboxylic acids is 1. The average molecular weight is 197 g/mol. The van der Waals surface area contributed by atoms with Gasteiger partial charge in [0.25, 0.3) is 0 Å². The molecule has 6 heteroatoms. The second kappa shape index (κ2) is 3.17. The molecule has 1 saturated heterocycles. The SMILES string of the molecule is C[C@H](O)C1CN(C(=O)C(F)(F)F)C1. The first-order chi connectivity index (χ1) is 5.82. The van der Waals surface area contributed by atoms with Crippen molar-refractivity contribution in [2.75, 3.05) is 13.1 Å². The molecular weight excluding hydrogens is 187 g/mol. The van der Waals surface area contributed by atoms with Crippen LogP contribution in [-0.2, 0) is 4.79 Å². The minimum absolute atomic E-state index is 0.00396. The highest BCUT2D eigenvalue weighted by Gasteiger charge is 2.47. The van der Waals surface area contributed by atoms with E-state index in [2.05, 4.69) is 0 Å². The molecule has 0 aromatic heterocycles. The number of aliphatic hydroxyl groups excluding tert-OH is 1. The molecule has 0 radical (unpaired) electrons. The molecule has 76 valence electrons. The molecule has 1 atom stereocenters. The third-order valence-electron chi connectivity index (χ3n) is 2.12. The van der Waals surface area contributed by atoms with Gasteiger partial charge in [0.05, 0.1) is 6.10 Å². The Morgan fingerprint density at radius 3 is 2.31 bits per heavy atom. The highest BCUT2D eigenvalue weighted by Crippen LogP contribution is 2.26. The summed E-state index contributed by atoms with van der Waals surface area (Å²) < 4.78 is 35.4. The topological polar surface area (TPSA) is 40.5 Å². The van der Waals surface area contributed by atoms with E-state index < -0.39 is 18.2 Å². The second-order valence-electron chi connectivity index (χ2n) is 3.21. The zero-order chi connectivity index (χ0) is 10.2. The number of carbonyl (C=O) groups is 1. The molecule has 0 bridgehead atoms. The van der Waals surface area contributed by atoms with Gasteiger partial charge in [-0.15, -0.1) is 0 Å². The molecule has 1 N–H and O–H groups in total.